The normalized spacial score (nSPS) is 13.4. The SMILES string of the molecule is Cc1cc(C)c(S(=O)NC(C)Cn2cc(C(N)=O)c3ccccc32)c(N=O)c1. The number of benzene rings is 2. The van der Waals surface area contributed by atoms with Gasteiger partial charge in [-0.15, -0.1) is 4.91 Å². The van der Waals surface area contributed by atoms with Gasteiger partial charge in [0.25, 0.3) is 5.91 Å². The minimum Gasteiger partial charge on any atom is -0.366 e. The summed E-state index contributed by atoms with van der Waals surface area (Å²) in [6.45, 7) is 6.01. The molecule has 7 nitrogen and oxygen atoms in total. The van der Waals surface area contributed by atoms with E-state index in [0.717, 1.165) is 22.0 Å². The highest BCUT2D eigenvalue weighted by molar-refractivity contribution is 7.83. The highest BCUT2D eigenvalue weighted by Gasteiger charge is 2.19. The Morgan fingerprint density at radius 1 is 1.29 bits per heavy atom. The molecule has 0 aliphatic carbocycles. The molecule has 0 bridgehead atoms. The maximum absolute atomic E-state index is 12.9. The Balaban J connectivity index is 1.85. The number of primary amides is 1. The molecule has 3 aromatic rings. The fraction of sp³-hybridized carbons (Fsp3) is 0.250. The lowest BCUT2D eigenvalue weighted by molar-refractivity contribution is 0.100. The molecule has 146 valence electrons. The largest absolute Gasteiger partial charge is 0.366 e. The van der Waals surface area contributed by atoms with Gasteiger partial charge >= 0.3 is 0 Å². The Hall–Kier alpha value is -2.84. The van der Waals surface area contributed by atoms with Gasteiger partial charge in [-0.25, -0.2) is 8.93 Å². The summed E-state index contributed by atoms with van der Waals surface area (Å²) in [5, 5.41) is 3.81. The summed E-state index contributed by atoms with van der Waals surface area (Å²) in [6, 6.07) is 10.8. The van der Waals surface area contributed by atoms with Crippen molar-refractivity contribution >= 4 is 33.5 Å². The van der Waals surface area contributed by atoms with E-state index in [0.29, 0.717) is 17.0 Å². The van der Waals surface area contributed by atoms with Crippen LogP contribution in [0.5, 0.6) is 0 Å². The van der Waals surface area contributed by atoms with Gasteiger partial charge in [-0.05, 0) is 49.2 Å². The third kappa shape index (κ3) is 3.88. The highest BCUT2D eigenvalue weighted by Crippen LogP contribution is 2.27. The lowest BCUT2D eigenvalue weighted by Gasteiger charge is -2.17. The first kappa shape index (κ1) is 19.9. The number of carbonyl (C=O) groups excluding carboxylic acids is 1. The number of fused-ring (bicyclic) bond motifs is 1. The number of nitrogens with one attached hydrogen (secondary N) is 1. The number of nitrogens with zero attached hydrogens (tertiary/aromatic N) is 2. The van der Waals surface area contributed by atoms with Crippen LogP contribution < -0.4 is 10.5 Å². The number of hydrogen-bond donors (Lipinski definition) is 2. The Morgan fingerprint density at radius 2 is 2.00 bits per heavy atom. The molecule has 0 aliphatic heterocycles. The van der Waals surface area contributed by atoms with Crippen molar-refractivity contribution in [3.8, 4) is 0 Å². The number of carbonyl (C=O) groups is 1. The second-order valence-corrected chi connectivity index (χ2v) is 8.07. The maximum atomic E-state index is 12.9. The average molecular weight is 398 g/mol. The van der Waals surface area contributed by atoms with Gasteiger partial charge < -0.3 is 10.3 Å². The van der Waals surface area contributed by atoms with Crippen LogP contribution in [0.25, 0.3) is 10.9 Å². The first-order valence-corrected chi connectivity index (χ1v) is 9.97. The number of hydrogen-bond acceptors (Lipinski definition) is 4. The summed E-state index contributed by atoms with van der Waals surface area (Å²) < 4.78 is 17.8. The zero-order chi connectivity index (χ0) is 20.4. The van der Waals surface area contributed by atoms with E-state index < -0.39 is 16.9 Å². The third-order valence-electron chi connectivity index (χ3n) is 4.52. The number of rotatable bonds is 7. The van der Waals surface area contributed by atoms with Crippen LogP contribution in [-0.2, 0) is 17.5 Å². The smallest absolute Gasteiger partial charge is 0.250 e. The van der Waals surface area contributed by atoms with Crippen molar-refractivity contribution in [2.45, 2.75) is 38.3 Å². The minimum atomic E-state index is -1.60. The van der Waals surface area contributed by atoms with Gasteiger partial charge in [0.15, 0.2) is 0 Å². The quantitative estimate of drug-likeness (QED) is 0.595. The second kappa shape index (κ2) is 8.04. The Morgan fingerprint density at radius 3 is 2.68 bits per heavy atom. The second-order valence-electron chi connectivity index (χ2n) is 6.89. The van der Waals surface area contributed by atoms with Crippen molar-refractivity contribution in [1.29, 1.82) is 0 Å². The number of aryl methyl sites for hydroxylation is 2. The molecule has 0 radical (unpaired) electrons. The molecule has 1 heterocycles. The van der Waals surface area contributed by atoms with Crippen LogP contribution in [0, 0.1) is 18.8 Å². The number of para-hydroxylation sites is 1. The molecule has 2 atom stereocenters. The molecule has 0 fully saturated rings. The fourth-order valence-corrected chi connectivity index (χ4v) is 4.60. The van der Waals surface area contributed by atoms with Gasteiger partial charge in [-0.2, -0.15) is 0 Å². The van der Waals surface area contributed by atoms with Crippen LogP contribution in [0.15, 0.2) is 52.7 Å². The molecule has 0 spiro atoms. The lowest BCUT2D eigenvalue weighted by Crippen LogP contribution is -2.32. The monoisotopic (exact) mass is 398 g/mol. The van der Waals surface area contributed by atoms with Gasteiger partial charge in [0, 0.05) is 29.7 Å². The van der Waals surface area contributed by atoms with Gasteiger partial charge in [0.05, 0.1) is 10.5 Å². The molecule has 28 heavy (non-hydrogen) atoms. The van der Waals surface area contributed by atoms with Gasteiger partial charge in [0.2, 0.25) is 0 Å². The average Bonchev–Trinajstić information content (AvgIpc) is 2.99. The van der Waals surface area contributed by atoms with Crippen LogP contribution in [0.3, 0.4) is 0 Å². The highest BCUT2D eigenvalue weighted by atomic mass is 32.2. The summed E-state index contributed by atoms with van der Waals surface area (Å²) in [5.41, 5.74) is 8.62. The molecule has 2 unspecified atom stereocenters. The van der Waals surface area contributed by atoms with Crippen molar-refractivity contribution in [2.75, 3.05) is 0 Å². The molecule has 1 aromatic heterocycles. The van der Waals surface area contributed by atoms with Crippen LogP contribution >= 0.6 is 0 Å². The van der Waals surface area contributed by atoms with E-state index in [1.807, 2.05) is 48.7 Å². The molecule has 0 aliphatic rings. The van der Waals surface area contributed by atoms with E-state index in [4.69, 9.17) is 5.73 Å². The standard InChI is InChI=1S/C20H22N4O3S/c1-12-8-13(2)19(17(9-12)22-26)28(27)23-14(3)10-24-11-16(20(21)25)15-6-4-5-7-18(15)24/h4-9,11,14,23H,10H2,1-3H3,(H2,21,25). The van der Waals surface area contributed by atoms with Crippen molar-refractivity contribution < 1.29 is 9.00 Å². The zero-order valence-electron chi connectivity index (χ0n) is 15.9. The predicted molar refractivity (Wildman–Crippen MR) is 111 cm³/mol. The van der Waals surface area contributed by atoms with E-state index in [2.05, 4.69) is 9.90 Å². The predicted octanol–water partition coefficient (Wildman–Crippen LogP) is 3.46. The molecule has 8 heteroatoms. The summed E-state index contributed by atoms with van der Waals surface area (Å²) in [6.07, 6.45) is 1.71. The van der Waals surface area contributed by atoms with E-state index >= 15 is 0 Å². The van der Waals surface area contributed by atoms with Crippen LogP contribution in [-0.4, -0.2) is 20.7 Å². The molecular formula is C20H22N4O3S. The van der Waals surface area contributed by atoms with E-state index in [-0.39, 0.29) is 11.7 Å². The zero-order valence-corrected chi connectivity index (χ0v) is 16.7. The molecule has 3 N–H and O–H groups in total. The number of amides is 1. The van der Waals surface area contributed by atoms with E-state index in [1.165, 1.54) is 0 Å². The number of aromatic nitrogens is 1. The topological polar surface area (TPSA) is 107 Å². The summed E-state index contributed by atoms with van der Waals surface area (Å²) in [4.78, 5) is 23.3. The molecule has 3 rings (SSSR count). The molecule has 0 saturated carbocycles. The van der Waals surface area contributed by atoms with E-state index in [1.54, 1.807) is 19.2 Å². The van der Waals surface area contributed by atoms with Crippen molar-refractivity contribution in [3.05, 3.63) is 64.2 Å². The summed E-state index contributed by atoms with van der Waals surface area (Å²) >= 11 is 0. The number of nitroso groups, excluding NO2 is 1. The van der Waals surface area contributed by atoms with Gasteiger partial charge in [0.1, 0.15) is 16.7 Å². The molecular weight excluding hydrogens is 376 g/mol. The minimum absolute atomic E-state index is 0.179. The van der Waals surface area contributed by atoms with Crippen LogP contribution in [0.4, 0.5) is 5.69 Å². The van der Waals surface area contributed by atoms with Crippen molar-refractivity contribution in [2.24, 2.45) is 10.9 Å². The van der Waals surface area contributed by atoms with E-state index in [9.17, 15) is 13.9 Å². The third-order valence-corrected chi connectivity index (χ3v) is 6.03. The fourth-order valence-electron chi connectivity index (χ4n) is 3.41. The molecule has 2 aromatic carbocycles. The Kier molecular flexibility index (Phi) is 5.71. The van der Waals surface area contributed by atoms with Crippen LogP contribution in [0.2, 0.25) is 0 Å². The van der Waals surface area contributed by atoms with Gasteiger partial charge in [-0.3, -0.25) is 4.79 Å². The molecule has 1 amide bonds. The Labute approximate surface area is 165 Å². The summed E-state index contributed by atoms with van der Waals surface area (Å²) in [5.74, 6) is -0.490. The number of nitrogens with two attached hydrogens (primary N) is 1. The first-order chi connectivity index (χ1) is 13.3. The van der Waals surface area contributed by atoms with Gasteiger partial charge in [-0.1, -0.05) is 24.3 Å². The molecule has 0 saturated heterocycles. The van der Waals surface area contributed by atoms with Crippen molar-refractivity contribution in [3.63, 3.8) is 0 Å². The first-order valence-electron chi connectivity index (χ1n) is 8.82. The maximum Gasteiger partial charge on any atom is 0.250 e. The van der Waals surface area contributed by atoms with Crippen molar-refractivity contribution in [1.82, 2.24) is 9.29 Å². The Bertz CT molecular complexity index is 1090. The lowest BCUT2D eigenvalue weighted by atomic mass is 10.1. The summed E-state index contributed by atoms with van der Waals surface area (Å²) in [7, 11) is -1.60. The van der Waals surface area contributed by atoms with Crippen LogP contribution in [0.1, 0.15) is 28.4 Å².